The van der Waals surface area contributed by atoms with Gasteiger partial charge in [-0.3, -0.25) is 0 Å². The van der Waals surface area contributed by atoms with Gasteiger partial charge in [0.15, 0.2) is 0 Å². The number of carbonyl (C=O) groups is 1. The molecule has 22 heavy (non-hydrogen) atoms. The van der Waals surface area contributed by atoms with Crippen LogP contribution in [0.3, 0.4) is 0 Å². The van der Waals surface area contributed by atoms with Crippen LogP contribution < -0.4 is 11.1 Å². The van der Waals surface area contributed by atoms with Gasteiger partial charge in [0, 0.05) is 18.8 Å². The monoisotopic (exact) mass is 315 g/mol. The quantitative estimate of drug-likeness (QED) is 0.881. The van der Waals surface area contributed by atoms with E-state index in [-0.39, 0.29) is 17.6 Å². The molecule has 1 aromatic carbocycles. The number of rotatable bonds is 2. The van der Waals surface area contributed by atoms with E-state index in [9.17, 15) is 18.0 Å². The van der Waals surface area contributed by atoms with Gasteiger partial charge in [-0.1, -0.05) is 13.0 Å². The predicted molar refractivity (Wildman–Crippen MR) is 78.4 cm³/mol. The van der Waals surface area contributed by atoms with Gasteiger partial charge in [-0.05, 0) is 43.0 Å². The highest BCUT2D eigenvalue weighted by Crippen LogP contribution is 2.31. The summed E-state index contributed by atoms with van der Waals surface area (Å²) in [5.41, 5.74) is 5.05. The molecule has 2 unspecified atom stereocenters. The number of likely N-dealkylation sites (tertiary alicyclic amines) is 1. The van der Waals surface area contributed by atoms with Gasteiger partial charge in [0.1, 0.15) is 0 Å². The lowest BCUT2D eigenvalue weighted by atomic mass is 9.87. The molecule has 3 N–H and O–H groups in total. The van der Waals surface area contributed by atoms with Crippen LogP contribution in [0, 0.1) is 11.8 Å². The maximum absolute atomic E-state index is 12.7. The molecular formula is C15H20F3N3O. The third-order valence-electron chi connectivity index (χ3n) is 4.15. The fourth-order valence-corrected chi connectivity index (χ4v) is 2.62. The molecule has 1 fully saturated rings. The van der Waals surface area contributed by atoms with Crippen LogP contribution in [0.4, 0.5) is 23.7 Å². The zero-order valence-electron chi connectivity index (χ0n) is 12.4. The van der Waals surface area contributed by atoms with Gasteiger partial charge in [-0.2, -0.15) is 13.2 Å². The number of benzene rings is 1. The molecule has 1 aliphatic heterocycles. The Kier molecular flexibility index (Phi) is 4.95. The minimum Gasteiger partial charge on any atom is -0.330 e. The normalized spacial score (nSPS) is 22.5. The van der Waals surface area contributed by atoms with E-state index in [1.807, 2.05) is 0 Å². The van der Waals surface area contributed by atoms with Gasteiger partial charge in [0.2, 0.25) is 0 Å². The molecule has 0 saturated carbocycles. The van der Waals surface area contributed by atoms with Crippen LogP contribution in [0.5, 0.6) is 0 Å². The number of amides is 2. The number of urea groups is 1. The number of nitrogens with two attached hydrogens (primary N) is 1. The molecule has 2 rings (SSSR count). The fourth-order valence-electron chi connectivity index (χ4n) is 2.62. The highest BCUT2D eigenvalue weighted by Gasteiger charge is 2.31. The number of halogens is 3. The lowest BCUT2D eigenvalue weighted by molar-refractivity contribution is -0.137. The summed E-state index contributed by atoms with van der Waals surface area (Å²) in [6.07, 6.45) is -3.58. The molecule has 0 aromatic heterocycles. The fraction of sp³-hybridized carbons (Fsp3) is 0.533. The van der Waals surface area contributed by atoms with Crippen molar-refractivity contribution in [2.75, 3.05) is 25.0 Å². The van der Waals surface area contributed by atoms with Gasteiger partial charge in [-0.15, -0.1) is 0 Å². The van der Waals surface area contributed by atoms with E-state index in [1.165, 1.54) is 12.1 Å². The lowest BCUT2D eigenvalue weighted by Gasteiger charge is -2.36. The predicted octanol–water partition coefficient (Wildman–Crippen LogP) is 3.15. The molecule has 1 aliphatic rings. The summed E-state index contributed by atoms with van der Waals surface area (Å²) in [5.74, 6) is 0.670. The van der Waals surface area contributed by atoms with Crippen molar-refractivity contribution < 1.29 is 18.0 Å². The second-order valence-electron chi connectivity index (χ2n) is 5.72. The number of hydrogen-bond donors (Lipinski definition) is 2. The van der Waals surface area contributed by atoms with Crippen molar-refractivity contribution in [3.8, 4) is 0 Å². The Labute approximate surface area is 127 Å². The van der Waals surface area contributed by atoms with Crippen molar-refractivity contribution in [1.82, 2.24) is 4.90 Å². The summed E-state index contributed by atoms with van der Waals surface area (Å²) in [6, 6.07) is 4.25. The average Bonchev–Trinajstić information content (AvgIpc) is 2.47. The largest absolute Gasteiger partial charge is 0.416 e. The van der Waals surface area contributed by atoms with E-state index in [1.54, 1.807) is 4.90 Å². The maximum Gasteiger partial charge on any atom is 0.416 e. The zero-order valence-corrected chi connectivity index (χ0v) is 12.4. The summed E-state index contributed by atoms with van der Waals surface area (Å²) < 4.78 is 38.0. The first-order chi connectivity index (χ1) is 10.3. The lowest BCUT2D eigenvalue weighted by Crippen LogP contribution is -2.47. The third-order valence-corrected chi connectivity index (χ3v) is 4.15. The molecule has 0 radical (unpaired) electrons. The van der Waals surface area contributed by atoms with Crippen molar-refractivity contribution in [2.24, 2.45) is 17.6 Å². The average molecular weight is 315 g/mol. The molecule has 4 nitrogen and oxygen atoms in total. The Bertz CT molecular complexity index is 533. The highest BCUT2D eigenvalue weighted by atomic mass is 19.4. The number of nitrogens with zero attached hydrogens (tertiary/aromatic N) is 1. The second kappa shape index (κ2) is 6.56. The molecular weight excluding hydrogens is 295 g/mol. The molecule has 2 atom stereocenters. The number of hydrogen-bond acceptors (Lipinski definition) is 2. The molecule has 1 saturated heterocycles. The van der Waals surface area contributed by atoms with Crippen LogP contribution in [0.2, 0.25) is 0 Å². The molecule has 0 bridgehead atoms. The molecule has 1 aromatic rings. The van der Waals surface area contributed by atoms with E-state index in [0.29, 0.717) is 25.6 Å². The van der Waals surface area contributed by atoms with Crippen LogP contribution in [-0.2, 0) is 6.18 Å². The Morgan fingerprint density at radius 2 is 2.18 bits per heavy atom. The van der Waals surface area contributed by atoms with Crippen molar-refractivity contribution in [3.05, 3.63) is 29.8 Å². The van der Waals surface area contributed by atoms with Crippen molar-refractivity contribution in [3.63, 3.8) is 0 Å². The zero-order chi connectivity index (χ0) is 16.3. The van der Waals surface area contributed by atoms with Crippen LogP contribution in [0.25, 0.3) is 0 Å². The maximum atomic E-state index is 12.7. The number of carbonyl (C=O) groups excluding carboxylic acids is 1. The smallest absolute Gasteiger partial charge is 0.330 e. The molecule has 2 amide bonds. The third kappa shape index (κ3) is 3.91. The first-order valence-corrected chi connectivity index (χ1v) is 7.24. The summed E-state index contributed by atoms with van der Waals surface area (Å²) in [5, 5.41) is 2.53. The van der Waals surface area contributed by atoms with Gasteiger partial charge in [0.05, 0.1) is 5.56 Å². The van der Waals surface area contributed by atoms with E-state index in [0.717, 1.165) is 18.6 Å². The molecule has 7 heteroatoms. The minimum absolute atomic E-state index is 0.141. The molecule has 0 aliphatic carbocycles. The van der Waals surface area contributed by atoms with Crippen LogP contribution in [0.1, 0.15) is 18.9 Å². The summed E-state index contributed by atoms with van der Waals surface area (Å²) in [6.45, 7) is 3.71. The van der Waals surface area contributed by atoms with E-state index < -0.39 is 11.7 Å². The first kappa shape index (κ1) is 16.6. The van der Waals surface area contributed by atoms with Crippen molar-refractivity contribution in [2.45, 2.75) is 19.5 Å². The minimum atomic E-state index is -4.42. The topological polar surface area (TPSA) is 58.4 Å². The van der Waals surface area contributed by atoms with Gasteiger partial charge in [0.25, 0.3) is 0 Å². The molecule has 122 valence electrons. The Morgan fingerprint density at radius 1 is 1.45 bits per heavy atom. The van der Waals surface area contributed by atoms with Gasteiger partial charge < -0.3 is 16.0 Å². The number of nitrogens with one attached hydrogen (secondary N) is 1. The van der Waals surface area contributed by atoms with Crippen LogP contribution >= 0.6 is 0 Å². The van der Waals surface area contributed by atoms with Crippen molar-refractivity contribution in [1.29, 1.82) is 0 Å². The SMILES string of the molecule is CC1CCN(C(=O)Nc2cccc(C(F)(F)F)c2)CC1CN. The Balaban J connectivity index is 2.03. The Hall–Kier alpha value is -1.76. The number of anilines is 1. The number of alkyl halides is 3. The van der Waals surface area contributed by atoms with E-state index in [2.05, 4.69) is 12.2 Å². The first-order valence-electron chi connectivity index (χ1n) is 7.24. The van der Waals surface area contributed by atoms with Crippen LogP contribution in [0.15, 0.2) is 24.3 Å². The summed E-state index contributed by atoms with van der Waals surface area (Å²) in [4.78, 5) is 13.8. The standard InChI is InChI=1S/C15H20F3N3O/c1-10-5-6-21(9-11(10)8-19)14(22)20-13-4-2-3-12(7-13)15(16,17)18/h2-4,7,10-11H,5-6,8-9,19H2,1H3,(H,20,22). The number of piperidine rings is 1. The van der Waals surface area contributed by atoms with Gasteiger partial charge in [-0.25, -0.2) is 4.79 Å². The highest BCUT2D eigenvalue weighted by molar-refractivity contribution is 5.89. The summed E-state index contributed by atoms with van der Waals surface area (Å²) >= 11 is 0. The molecule has 0 spiro atoms. The second-order valence-corrected chi connectivity index (χ2v) is 5.72. The summed E-state index contributed by atoms with van der Waals surface area (Å²) in [7, 11) is 0. The molecule has 1 heterocycles. The van der Waals surface area contributed by atoms with E-state index >= 15 is 0 Å². The Morgan fingerprint density at radius 3 is 2.82 bits per heavy atom. The van der Waals surface area contributed by atoms with Crippen molar-refractivity contribution >= 4 is 11.7 Å². The van der Waals surface area contributed by atoms with Gasteiger partial charge >= 0.3 is 12.2 Å². The van der Waals surface area contributed by atoms with Crippen LogP contribution in [-0.4, -0.2) is 30.6 Å². The van der Waals surface area contributed by atoms with E-state index in [4.69, 9.17) is 5.73 Å².